The second kappa shape index (κ2) is 16.3. The first-order valence-electron chi connectivity index (χ1n) is 9.73. The fourth-order valence-corrected chi connectivity index (χ4v) is 2.21. The van der Waals surface area contributed by atoms with Gasteiger partial charge in [-0.2, -0.15) is 0 Å². The molecule has 0 radical (unpaired) electrons. The molecule has 0 rings (SSSR count). The summed E-state index contributed by atoms with van der Waals surface area (Å²) in [4.78, 5) is 0. The van der Waals surface area contributed by atoms with Gasteiger partial charge in [-0.1, -0.05) is 41.0 Å². The molecule has 4 nitrogen and oxygen atoms in total. The third-order valence-electron chi connectivity index (χ3n) is 3.65. The second-order valence-corrected chi connectivity index (χ2v) is 8.00. The van der Waals surface area contributed by atoms with Crippen molar-refractivity contribution in [3.63, 3.8) is 0 Å². The van der Waals surface area contributed by atoms with Crippen LogP contribution in [-0.2, 0) is 18.9 Å². The van der Waals surface area contributed by atoms with Gasteiger partial charge in [-0.3, -0.25) is 0 Å². The minimum Gasteiger partial charge on any atom is -0.379 e. The first kappa shape index (κ1) is 23.8. The van der Waals surface area contributed by atoms with E-state index in [0.29, 0.717) is 45.1 Å². The topological polar surface area (TPSA) is 36.9 Å². The van der Waals surface area contributed by atoms with E-state index in [2.05, 4.69) is 34.6 Å². The van der Waals surface area contributed by atoms with Crippen molar-refractivity contribution < 1.29 is 18.9 Å². The van der Waals surface area contributed by atoms with E-state index in [1.165, 1.54) is 19.3 Å². The average molecular weight is 347 g/mol. The Balaban J connectivity index is 3.03. The third kappa shape index (κ3) is 21.8. The summed E-state index contributed by atoms with van der Waals surface area (Å²) in [5.41, 5.74) is 0.433. The fraction of sp³-hybridized carbons (Fsp3) is 1.00. The highest BCUT2D eigenvalue weighted by atomic mass is 16.6. The van der Waals surface area contributed by atoms with Crippen molar-refractivity contribution in [1.29, 1.82) is 0 Å². The van der Waals surface area contributed by atoms with E-state index >= 15 is 0 Å². The zero-order chi connectivity index (χ0) is 18.1. The van der Waals surface area contributed by atoms with Crippen LogP contribution in [0.1, 0.15) is 66.7 Å². The highest BCUT2D eigenvalue weighted by Crippen LogP contribution is 2.21. The fourth-order valence-electron chi connectivity index (χ4n) is 2.21. The van der Waals surface area contributed by atoms with Crippen molar-refractivity contribution in [2.75, 3.05) is 52.9 Å². The second-order valence-electron chi connectivity index (χ2n) is 8.00. The Kier molecular flexibility index (Phi) is 16.2. The van der Waals surface area contributed by atoms with Crippen molar-refractivity contribution in [1.82, 2.24) is 0 Å². The van der Waals surface area contributed by atoms with Crippen LogP contribution in [0.15, 0.2) is 0 Å². The van der Waals surface area contributed by atoms with Gasteiger partial charge >= 0.3 is 0 Å². The molecule has 146 valence electrons. The van der Waals surface area contributed by atoms with E-state index in [4.69, 9.17) is 18.9 Å². The normalized spacial score (nSPS) is 12.2. The Labute approximate surface area is 150 Å². The zero-order valence-corrected chi connectivity index (χ0v) is 16.9. The van der Waals surface area contributed by atoms with Gasteiger partial charge in [-0.25, -0.2) is 0 Å². The Morgan fingerprint density at radius 3 is 1.42 bits per heavy atom. The molecule has 0 aliphatic heterocycles. The maximum Gasteiger partial charge on any atom is 0.0701 e. The molecule has 0 saturated carbocycles. The smallest absolute Gasteiger partial charge is 0.0701 e. The summed E-state index contributed by atoms with van der Waals surface area (Å²) in [6, 6.07) is 0. The van der Waals surface area contributed by atoms with E-state index in [1.54, 1.807) is 0 Å². The number of unbranched alkanes of at least 4 members (excludes halogenated alkanes) is 1. The summed E-state index contributed by atoms with van der Waals surface area (Å²) in [6.07, 6.45) is 5.99. The van der Waals surface area contributed by atoms with Crippen LogP contribution in [0.3, 0.4) is 0 Å². The van der Waals surface area contributed by atoms with Crippen molar-refractivity contribution in [2.45, 2.75) is 66.7 Å². The number of hydrogen-bond acceptors (Lipinski definition) is 4. The lowest BCUT2D eigenvalue weighted by Crippen LogP contribution is -2.12. The van der Waals surface area contributed by atoms with Gasteiger partial charge in [0.05, 0.1) is 39.6 Å². The minimum atomic E-state index is 0.433. The number of hydrogen-bond donors (Lipinski definition) is 0. The van der Waals surface area contributed by atoms with Crippen LogP contribution in [0.25, 0.3) is 0 Å². The monoisotopic (exact) mass is 346 g/mol. The molecule has 0 unspecified atom stereocenters. The van der Waals surface area contributed by atoms with Gasteiger partial charge in [0, 0.05) is 13.2 Å². The molecule has 0 saturated heterocycles. The van der Waals surface area contributed by atoms with Gasteiger partial charge in [0.25, 0.3) is 0 Å². The first-order valence-corrected chi connectivity index (χ1v) is 9.73. The molecule has 0 amide bonds. The van der Waals surface area contributed by atoms with Crippen molar-refractivity contribution in [3.05, 3.63) is 0 Å². The predicted molar refractivity (Wildman–Crippen MR) is 101 cm³/mol. The highest BCUT2D eigenvalue weighted by Gasteiger charge is 2.08. The molecule has 0 aliphatic carbocycles. The van der Waals surface area contributed by atoms with Crippen molar-refractivity contribution >= 4 is 0 Å². The molecule has 0 fully saturated rings. The van der Waals surface area contributed by atoms with Crippen molar-refractivity contribution in [3.8, 4) is 0 Å². The van der Waals surface area contributed by atoms with E-state index in [-0.39, 0.29) is 0 Å². The number of rotatable bonds is 17. The molecule has 0 aromatic heterocycles. The number of ether oxygens (including phenoxy) is 4. The van der Waals surface area contributed by atoms with Gasteiger partial charge in [-0.05, 0) is 37.0 Å². The minimum absolute atomic E-state index is 0.433. The maximum atomic E-state index is 5.56. The molecular formula is C20H42O4. The van der Waals surface area contributed by atoms with Crippen LogP contribution in [0.4, 0.5) is 0 Å². The SMILES string of the molecule is CC(C)CCCOCCOCCOCCOCCCCC(C)(C)C. The van der Waals surface area contributed by atoms with Crippen LogP contribution in [0, 0.1) is 11.3 Å². The summed E-state index contributed by atoms with van der Waals surface area (Å²) < 4.78 is 22.0. The molecule has 4 heteroatoms. The lowest BCUT2D eigenvalue weighted by atomic mass is 9.90. The Bertz CT molecular complexity index is 249. The standard InChI is InChI=1S/C20H42O4/c1-19(2)9-8-12-22-14-16-24-18-17-23-15-13-21-11-7-6-10-20(3,4)5/h19H,6-18H2,1-5H3. The van der Waals surface area contributed by atoms with Gasteiger partial charge in [0.1, 0.15) is 0 Å². The largest absolute Gasteiger partial charge is 0.379 e. The summed E-state index contributed by atoms with van der Waals surface area (Å²) in [6.45, 7) is 16.9. The van der Waals surface area contributed by atoms with E-state index in [0.717, 1.165) is 32.0 Å². The third-order valence-corrected chi connectivity index (χ3v) is 3.65. The molecular weight excluding hydrogens is 304 g/mol. The predicted octanol–water partition coefficient (Wildman–Crippen LogP) is 4.71. The molecule has 24 heavy (non-hydrogen) atoms. The average Bonchev–Trinajstić information content (AvgIpc) is 2.49. The molecule has 0 aliphatic rings. The van der Waals surface area contributed by atoms with E-state index in [1.807, 2.05) is 0 Å². The maximum absolute atomic E-state index is 5.56. The van der Waals surface area contributed by atoms with E-state index in [9.17, 15) is 0 Å². The van der Waals surface area contributed by atoms with Crippen LogP contribution in [0.5, 0.6) is 0 Å². The Morgan fingerprint density at radius 1 is 0.583 bits per heavy atom. The van der Waals surface area contributed by atoms with Crippen LogP contribution in [0.2, 0.25) is 0 Å². The highest BCUT2D eigenvalue weighted by molar-refractivity contribution is 4.60. The molecule has 0 atom stereocenters. The summed E-state index contributed by atoms with van der Waals surface area (Å²) in [5, 5.41) is 0. The Morgan fingerprint density at radius 2 is 1.00 bits per heavy atom. The summed E-state index contributed by atoms with van der Waals surface area (Å²) >= 11 is 0. The van der Waals surface area contributed by atoms with Gasteiger partial charge in [-0.15, -0.1) is 0 Å². The zero-order valence-electron chi connectivity index (χ0n) is 16.9. The molecule has 0 aromatic rings. The van der Waals surface area contributed by atoms with Crippen LogP contribution >= 0.6 is 0 Å². The van der Waals surface area contributed by atoms with Crippen LogP contribution < -0.4 is 0 Å². The molecule has 0 aromatic carbocycles. The summed E-state index contributed by atoms with van der Waals surface area (Å²) in [5.74, 6) is 0.759. The van der Waals surface area contributed by atoms with Gasteiger partial charge in [0.2, 0.25) is 0 Å². The Hall–Kier alpha value is -0.160. The van der Waals surface area contributed by atoms with Gasteiger partial charge < -0.3 is 18.9 Å². The molecule has 0 N–H and O–H groups in total. The van der Waals surface area contributed by atoms with Crippen molar-refractivity contribution in [2.24, 2.45) is 11.3 Å². The summed E-state index contributed by atoms with van der Waals surface area (Å²) in [7, 11) is 0. The van der Waals surface area contributed by atoms with E-state index < -0.39 is 0 Å². The lowest BCUT2D eigenvalue weighted by Gasteiger charge is -2.17. The molecule has 0 spiro atoms. The lowest BCUT2D eigenvalue weighted by molar-refractivity contribution is -0.00273. The van der Waals surface area contributed by atoms with Crippen LogP contribution in [-0.4, -0.2) is 52.9 Å². The van der Waals surface area contributed by atoms with Gasteiger partial charge in [0.15, 0.2) is 0 Å². The molecule has 0 heterocycles. The molecule has 0 bridgehead atoms. The quantitative estimate of drug-likeness (QED) is 0.358. The first-order chi connectivity index (χ1) is 11.4.